The van der Waals surface area contributed by atoms with Gasteiger partial charge in [-0.25, -0.2) is 0 Å². The molecular formula is C12H18ClNO. The zero-order chi connectivity index (χ0) is 10.7. The Balaban J connectivity index is 1.77. The molecule has 1 heterocycles. The molecule has 0 saturated heterocycles. The van der Waals surface area contributed by atoms with E-state index in [1.807, 2.05) is 6.07 Å². The van der Waals surface area contributed by atoms with Crippen LogP contribution in [-0.2, 0) is 6.54 Å². The lowest BCUT2D eigenvalue weighted by atomic mass is 10.00. The van der Waals surface area contributed by atoms with E-state index in [0.29, 0.717) is 11.3 Å². The lowest BCUT2D eigenvalue weighted by Crippen LogP contribution is -2.31. The van der Waals surface area contributed by atoms with Gasteiger partial charge in [0.2, 0.25) is 0 Å². The zero-order valence-electron chi connectivity index (χ0n) is 9.13. The quantitative estimate of drug-likeness (QED) is 0.850. The molecule has 0 aliphatic heterocycles. The highest BCUT2D eigenvalue weighted by Gasteiger charge is 2.21. The van der Waals surface area contributed by atoms with Gasteiger partial charge in [0, 0.05) is 6.04 Å². The molecule has 84 valence electrons. The van der Waals surface area contributed by atoms with Gasteiger partial charge < -0.3 is 9.73 Å². The van der Waals surface area contributed by atoms with Crippen LogP contribution in [0.5, 0.6) is 0 Å². The maximum atomic E-state index is 5.71. The van der Waals surface area contributed by atoms with Crippen molar-refractivity contribution in [3.05, 3.63) is 23.1 Å². The molecule has 1 N–H and O–H groups in total. The molecule has 1 aliphatic carbocycles. The van der Waals surface area contributed by atoms with Gasteiger partial charge in [-0.2, -0.15) is 0 Å². The Bertz CT molecular complexity index is 304. The molecule has 0 amide bonds. The second-order valence-electron chi connectivity index (χ2n) is 4.42. The Morgan fingerprint density at radius 1 is 1.47 bits per heavy atom. The lowest BCUT2D eigenvalue weighted by Gasteiger charge is -2.19. The van der Waals surface area contributed by atoms with Gasteiger partial charge in [0.25, 0.3) is 0 Å². The molecule has 1 fully saturated rings. The molecule has 0 bridgehead atoms. The minimum atomic E-state index is 0.473. The van der Waals surface area contributed by atoms with Crippen molar-refractivity contribution in [3.63, 3.8) is 0 Å². The molecule has 1 atom stereocenters. The summed E-state index contributed by atoms with van der Waals surface area (Å²) < 4.78 is 5.30. The maximum absolute atomic E-state index is 5.71. The fraction of sp³-hybridized carbons (Fsp3) is 0.667. The number of rotatable bonds is 4. The van der Waals surface area contributed by atoms with Crippen molar-refractivity contribution < 1.29 is 4.42 Å². The van der Waals surface area contributed by atoms with E-state index < -0.39 is 0 Å². The number of furan rings is 1. The van der Waals surface area contributed by atoms with Crippen LogP contribution in [0, 0.1) is 5.92 Å². The molecular weight excluding hydrogens is 210 g/mol. The van der Waals surface area contributed by atoms with Gasteiger partial charge in [0.1, 0.15) is 5.76 Å². The largest absolute Gasteiger partial charge is 0.448 e. The van der Waals surface area contributed by atoms with Gasteiger partial charge >= 0.3 is 0 Å². The summed E-state index contributed by atoms with van der Waals surface area (Å²) in [4.78, 5) is 0. The summed E-state index contributed by atoms with van der Waals surface area (Å²) >= 11 is 5.71. The number of nitrogens with one attached hydrogen (secondary N) is 1. The van der Waals surface area contributed by atoms with Crippen LogP contribution in [0.15, 0.2) is 16.5 Å². The second kappa shape index (κ2) is 5.04. The third-order valence-corrected chi connectivity index (χ3v) is 3.54. The molecule has 1 aliphatic rings. The van der Waals surface area contributed by atoms with E-state index in [1.165, 1.54) is 25.7 Å². The lowest BCUT2D eigenvalue weighted by molar-refractivity contribution is 0.363. The first-order valence-corrected chi connectivity index (χ1v) is 6.11. The summed E-state index contributed by atoms with van der Waals surface area (Å²) in [6.07, 6.45) is 5.52. The highest BCUT2D eigenvalue weighted by molar-refractivity contribution is 6.28. The van der Waals surface area contributed by atoms with Crippen LogP contribution in [0.1, 0.15) is 38.4 Å². The molecule has 0 unspecified atom stereocenters. The minimum absolute atomic E-state index is 0.473. The summed E-state index contributed by atoms with van der Waals surface area (Å²) in [7, 11) is 0. The van der Waals surface area contributed by atoms with Gasteiger partial charge in [-0.1, -0.05) is 12.8 Å². The summed E-state index contributed by atoms with van der Waals surface area (Å²) in [6, 6.07) is 4.30. The second-order valence-corrected chi connectivity index (χ2v) is 4.79. The number of hydrogen-bond acceptors (Lipinski definition) is 2. The van der Waals surface area contributed by atoms with E-state index in [4.69, 9.17) is 16.0 Å². The third-order valence-electron chi connectivity index (χ3n) is 3.33. The summed E-state index contributed by atoms with van der Waals surface area (Å²) in [5.41, 5.74) is 0. The Labute approximate surface area is 96.0 Å². The molecule has 3 heteroatoms. The van der Waals surface area contributed by atoms with Crippen molar-refractivity contribution in [2.75, 3.05) is 0 Å². The van der Waals surface area contributed by atoms with Crippen LogP contribution >= 0.6 is 11.6 Å². The third kappa shape index (κ3) is 2.99. The SMILES string of the molecule is C[C@@H](NCc1ccc(Cl)o1)C1CCCC1. The van der Waals surface area contributed by atoms with Crippen LogP contribution in [0.4, 0.5) is 0 Å². The van der Waals surface area contributed by atoms with Crippen molar-refractivity contribution >= 4 is 11.6 Å². The first-order chi connectivity index (χ1) is 7.25. The Kier molecular flexibility index (Phi) is 3.71. The molecule has 0 spiro atoms. The molecule has 1 aromatic rings. The molecule has 0 radical (unpaired) electrons. The van der Waals surface area contributed by atoms with Crippen LogP contribution < -0.4 is 5.32 Å². The van der Waals surface area contributed by atoms with Crippen molar-refractivity contribution in [2.45, 2.75) is 45.2 Å². The van der Waals surface area contributed by atoms with Crippen LogP contribution in [0.3, 0.4) is 0 Å². The summed E-state index contributed by atoms with van der Waals surface area (Å²) in [6.45, 7) is 3.05. The first kappa shape index (κ1) is 11.0. The average Bonchev–Trinajstić information content (AvgIpc) is 2.84. The smallest absolute Gasteiger partial charge is 0.193 e. The van der Waals surface area contributed by atoms with E-state index in [2.05, 4.69) is 12.2 Å². The van der Waals surface area contributed by atoms with E-state index in [1.54, 1.807) is 6.07 Å². The molecule has 1 saturated carbocycles. The minimum Gasteiger partial charge on any atom is -0.448 e. The summed E-state index contributed by atoms with van der Waals surface area (Å²) in [5.74, 6) is 1.76. The Hall–Kier alpha value is -0.470. The van der Waals surface area contributed by atoms with Gasteiger partial charge in [0.15, 0.2) is 5.22 Å². The van der Waals surface area contributed by atoms with E-state index in [-0.39, 0.29) is 0 Å². The topological polar surface area (TPSA) is 25.2 Å². The predicted octanol–water partition coefficient (Wildman–Crippen LogP) is 3.60. The Morgan fingerprint density at radius 2 is 2.20 bits per heavy atom. The summed E-state index contributed by atoms with van der Waals surface area (Å²) in [5, 5.41) is 3.97. The fourth-order valence-corrected chi connectivity index (χ4v) is 2.49. The predicted molar refractivity (Wildman–Crippen MR) is 62.0 cm³/mol. The van der Waals surface area contributed by atoms with Crippen molar-refractivity contribution in [2.24, 2.45) is 5.92 Å². The van der Waals surface area contributed by atoms with Gasteiger partial charge in [-0.3, -0.25) is 0 Å². The molecule has 1 aromatic heterocycles. The van der Waals surface area contributed by atoms with Crippen LogP contribution in [-0.4, -0.2) is 6.04 Å². The van der Waals surface area contributed by atoms with Gasteiger partial charge in [-0.05, 0) is 49.4 Å². The molecule has 2 rings (SSSR count). The molecule has 0 aromatic carbocycles. The number of halogens is 1. The fourth-order valence-electron chi connectivity index (χ4n) is 2.33. The van der Waals surface area contributed by atoms with Crippen molar-refractivity contribution in [1.82, 2.24) is 5.32 Å². The van der Waals surface area contributed by atoms with E-state index in [9.17, 15) is 0 Å². The Morgan fingerprint density at radius 3 is 2.80 bits per heavy atom. The normalized spacial score (nSPS) is 19.6. The van der Waals surface area contributed by atoms with Gasteiger partial charge in [-0.15, -0.1) is 0 Å². The van der Waals surface area contributed by atoms with E-state index in [0.717, 1.165) is 18.2 Å². The number of hydrogen-bond donors (Lipinski definition) is 1. The van der Waals surface area contributed by atoms with Crippen LogP contribution in [0.25, 0.3) is 0 Å². The highest BCUT2D eigenvalue weighted by Crippen LogP contribution is 2.27. The first-order valence-electron chi connectivity index (χ1n) is 5.73. The van der Waals surface area contributed by atoms with Crippen LogP contribution in [0.2, 0.25) is 5.22 Å². The maximum Gasteiger partial charge on any atom is 0.193 e. The molecule has 2 nitrogen and oxygen atoms in total. The van der Waals surface area contributed by atoms with Crippen molar-refractivity contribution in [3.8, 4) is 0 Å². The van der Waals surface area contributed by atoms with Crippen molar-refractivity contribution in [1.29, 1.82) is 0 Å². The van der Waals surface area contributed by atoms with E-state index >= 15 is 0 Å². The zero-order valence-corrected chi connectivity index (χ0v) is 9.89. The van der Waals surface area contributed by atoms with Gasteiger partial charge in [0.05, 0.1) is 6.54 Å². The average molecular weight is 228 g/mol. The standard InChI is InChI=1S/C12H18ClNO/c1-9(10-4-2-3-5-10)14-8-11-6-7-12(13)15-11/h6-7,9-10,14H,2-5,8H2,1H3/t9-/m1/s1. The molecule has 15 heavy (non-hydrogen) atoms. The monoisotopic (exact) mass is 227 g/mol. The highest BCUT2D eigenvalue weighted by atomic mass is 35.5.